The van der Waals surface area contributed by atoms with Gasteiger partial charge in [-0.1, -0.05) is 0 Å². The van der Waals surface area contributed by atoms with Gasteiger partial charge in [-0.2, -0.15) is 0 Å². The van der Waals surface area contributed by atoms with Gasteiger partial charge < -0.3 is 20.3 Å². The highest BCUT2D eigenvalue weighted by atomic mass is 16.6. The van der Waals surface area contributed by atoms with Crippen molar-refractivity contribution in [3.8, 4) is 5.75 Å². The van der Waals surface area contributed by atoms with Crippen LogP contribution in [0, 0.1) is 0 Å². The van der Waals surface area contributed by atoms with Gasteiger partial charge in [-0.05, 0) is 39.0 Å². The molecule has 0 aliphatic heterocycles. The van der Waals surface area contributed by atoms with Gasteiger partial charge in [0.05, 0.1) is 13.0 Å². The van der Waals surface area contributed by atoms with E-state index in [1.807, 2.05) is 0 Å². The van der Waals surface area contributed by atoms with E-state index in [4.69, 9.17) is 15.2 Å². The third-order valence-electron chi connectivity index (χ3n) is 2.78. The molecule has 0 aliphatic carbocycles. The van der Waals surface area contributed by atoms with Crippen LogP contribution in [0.15, 0.2) is 18.2 Å². The molecule has 4 N–H and O–H groups in total. The van der Waals surface area contributed by atoms with Crippen molar-refractivity contribution < 1.29 is 24.2 Å². The van der Waals surface area contributed by atoms with E-state index in [0.29, 0.717) is 17.0 Å². The zero-order valence-corrected chi connectivity index (χ0v) is 13.2. The van der Waals surface area contributed by atoms with Gasteiger partial charge in [0.25, 0.3) is 0 Å². The van der Waals surface area contributed by atoms with E-state index in [1.165, 1.54) is 13.2 Å². The van der Waals surface area contributed by atoms with Crippen molar-refractivity contribution in [1.82, 2.24) is 0 Å². The number of carboxylic acid groups (broad SMARTS) is 1. The van der Waals surface area contributed by atoms with Crippen LogP contribution in [0.4, 0.5) is 10.5 Å². The van der Waals surface area contributed by atoms with Crippen LogP contribution in [0.2, 0.25) is 0 Å². The normalized spacial score (nSPS) is 12.4. The number of rotatable bonds is 5. The van der Waals surface area contributed by atoms with Crippen molar-refractivity contribution in [3.63, 3.8) is 0 Å². The summed E-state index contributed by atoms with van der Waals surface area (Å²) in [6.45, 7) is 5.17. The summed E-state index contributed by atoms with van der Waals surface area (Å²) in [5, 5.41) is 11.8. The minimum Gasteiger partial charge on any atom is -0.496 e. The lowest BCUT2D eigenvalue weighted by molar-refractivity contribution is -0.138. The second-order valence-electron chi connectivity index (χ2n) is 5.71. The largest absolute Gasteiger partial charge is 0.496 e. The van der Waals surface area contributed by atoms with Crippen LogP contribution in [0.25, 0.3) is 0 Å². The van der Waals surface area contributed by atoms with Crippen molar-refractivity contribution in [2.24, 2.45) is 5.73 Å². The summed E-state index contributed by atoms with van der Waals surface area (Å²) >= 11 is 0. The number of methoxy groups -OCH3 is 1. The number of nitrogens with one attached hydrogen (secondary N) is 1. The number of aliphatic carboxylic acids is 1. The summed E-state index contributed by atoms with van der Waals surface area (Å²) in [6, 6.07) is 4.70. The highest BCUT2D eigenvalue weighted by Gasteiger charge is 2.23. The molecular weight excluding hydrogens is 288 g/mol. The average molecular weight is 310 g/mol. The summed E-state index contributed by atoms with van der Waals surface area (Å²) < 4.78 is 10.3. The Morgan fingerprint density at radius 3 is 2.45 bits per heavy atom. The maximum absolute atomic E-state index is 11.8. The number of benzene rings is 1. The van der Waals surface area contributed by atoms with E-state index in [9.17, 15) is 14.7 Å². The van der Waals surface area contributed by atoms with E-state index >= 15 is 0 Å². The second kappa shape index (κ2) is 7.13. The molecule has 0 spiro atoms. The molecule has 122 valence electrons. The predicted octanol–water partition coefficient (Wildman–Crippen LogP) is 2.17. The highest BCUT2D eigenvalue weighted by molar-refractivity contribution is 5.86. The molecule has 0 saturated carbocycles. The van der Waals surface area contributed by atoms with Crippen molar-refractivity contribution in [2.45, 2.75) is 32.3 Å². The summed E-state index contributed by atoms with van der Waals surface area (Å²) in [6.07, 6.45) is -0.622. The van der Waals surface area contributed by atoms with E-state index in [-0.39, 0.29) is 6.54 Å². The number of carbonyl (C=O) groups is 2. The van der Waals surface area contributed by atoms with Gasteiger partial charge >= 0.3 is 12.1 Å². The van der Waals surface area contributed by atoms with Crippen molar-refractivity contribution >= 4 is 17.7 Å². The first kappa shape index (κ1) is 17.8. The zero-order valence-electron chi connectivity index (χ0n) is 13.2. The minimum absolute atomic E-state index is 0.0818. The van der Waals surface area contributed by atoms with Gasteiger partial charge in [0.15, 0.2) is 0 Å². The van der Waals surface area contributed by atoms with Gasteiger partial charge in [-0.15, -0.1) is 0 Å². The summed E-state index contributed by atoms with van der Waals surface area (Å²) in [5.41, 5.74) is 5.69. The molecule has 0 aromatic heterocycles. The fraction of sp³-hybridized carbons (Fsp3) is 0.467. The van der Waals surface area contributed by atoms with Crippen LogP contribution >= 0.6 is 0 Å². The third kappa shape index (κ3) is 4.92. The van der Waals surface area contributed by atoms with E-state index in [0.717, 1.165) is 0 Å². The van der Waals surface area contributed by atoms with Gasteiger partial charge in [-0.25, -0.2) is 4.79 Å². The number of anilines is 1. The molecule has 1 atom stereocenters. The molecule has 0 radical (unpaired) electrons. The number of amides is 1. The quantitative estimate of drug-likeness (QED) is 0.768. The van der Waals surface area contributed by atoms with Crippen LogP contribution in [0.3, 0.4) is 0 Å². The van der Waals surface area contributed by atoms with Crippen molar-refractivity contribution in [2.75, 3.05) is 19.0 Å². The number of hydrogen-bond acceptors (Lipinski definition) is 5. The lowest BCUT2D eigenvalue weighted by atomic mass is 9.97. The number of carboxylic acids is 1. The molecular formula is C15H22N2O5. The van der Waals surface area contributed by atoms with Gasteiger partial charge in [0, 0.05) is 17.8 Å². The van der Waals surface area contributed by atoms with Crippen molar-refractivity contribution in [3.05, 3.63) is 23.8 Å². The molecule has 0 bridgehead atoms. The molecule has 22 heavy (non-hydrogen) atoms. The van der Waals surface area contributed by atoms with Gasteiger partial charge in [0.1, 0.15) is 11.4 Å². The Labute approximate surface area is 129 Å². The summed E-state index contributed by atoms with van der Waals surface area (Å²) in [5.74, 6) is -1.59. The number of carbonyl (C=O) groups excluding carboxylic acids is 1. The van der Waals surface area contributed by atoms with Gasteiger partial charge in [-0.3, -0.25) is 10.1 Å². The number of nitrogens with two attached hydrogens (primary N) is 1. The zero-order chi connectivity index (χ0) is 16.9. The Balaban J connectivity index is 3.04. The predicted molar refractivity (Wildman–Crippen MR) is 82.3 cm³/mol. The Kier molecular flexibility index (Phi) is 5.76. The summed E-state index contributed by atoms with van der Waals surface area (Å²) in [7, 11) is 1.44. The molecule has 1 unspecified atom stereocenters. The topological polar surface area (TPSA) is 111 Å². The SMILES string of the molecule is COc1ccc(NC(=O)OC(C)(C)C)cc1C(CN)C(=O)O. The fourth-order valence-corrected chi connectivity index (χ4v) is 1.87. The average Bonchev–Trinajstić information content (AvgIpc) is 2.37. The molecule has 0 heterocycles. The third-order valence-corrected chi connectivity index (χ3v) is 2.78. The minimum atomic E-state index is -1.06. The Hall–Kier alpha value is -2.28. The van der Waals surface area contributed by atoms with Gasteiger partial charge in [0.2, 0.25) is 0 Å². The fourth-order valence-electron chi connectivity index (χ4n) is 1.87. The number of ether oxygens (including phenoxy) is 2. The second-order valence-corrected chi connectivity index (χ2v) is 5.71. The van der Waals surface area contributed by atoms with Crippen LogP contribution in [-0.4, -0.2) is 36.4 Å². The first-order valence-electron chi connectivity index (χ1n) is 6.78. The molecule has 0 aliphatic rings. The van der Waals surface area contributed by atoms with Crippen molar-refractivity contribution in [1.29, 1.82) is 0 Å². The number of hydrogen-bond donors (Lipinski definition) is 3. The first-order valence-corrected chi connectivity index (χ1v) is 6.78. The lowest BCUT2D eigenvalue weighted by Gasteiger charge is -2.20. The molecule has 1 rings (SSSR count). The van der Waals surface area contributed by atoms with E-state index in [1.54, 1.807) is 32.9 Å². The molecule has 1 aromatic rings. The maximum atomic E-state index is 11.8. The molecule has 7 heteroatoms. The molecule has 1 amide bonds. The van der Waals surface area contributed by atoms with Crippen LogP contribution < -0.4 is 15.8 Å². The summed E-state index contributed by atoms with van der Waals surface area (Å²) in [4.78, 5) is 23.0. The smallest absolute Gasteiger partial charge is 0.412 e. The Morgan fingerprint density at radius 1 is 1.36 bits per heavy atom. The molecule has 1 aromatic carbocycles. The van der Waals surface area contributed by atoms with E-state index < -0.39 is 23.6 Å². The van der Waals surface area contributed by atoms with Crippen LogP contribution in [0.1, 0.15) is 32.3 Å². The van der Waals surface area contributed by atoms with Crippen LogP contribution in [0.5, 0.6) is 5.75 Å². The van der Waals surface area contributed by atoms with E-state index in [2.05, 4.69) is 5.32 Å². The Morgan fingerprint density at radius 2 is 2.00 bits per heavy atom. The lowest BCUT2D eigenvalue weighted by Crippen LogP contribution is -2.27. The monoisotopic (exact) mass is 310 g/mol. The molecule has 0 saturated heterocycles. The highest BCUT2D eigenvalue weighted by Crippen LogP contribution is 2.29. The first-order chi connectivity index (χ1) is 10.2. The molecule has 0 fully saturated rings. The maximum Gasteiger partial charge on any atom is 0.412 e. The van der Waals surface area contributed by atoms with Crippen LogP contribution in [-0.2, 0) is 9.53 Å². The Bertz CT molecular complexity index is 551. The molecule has 7 nitrogen and oxygen atoms in total. The standard InChI is InChI=1S/C15H22N2O5/c1-15(2,3)22-14(20)17-9-5-6-12(21-4)10(7-9)11(8-16)13(18)19/h5-7,11H,8,16H2,1-4H3,(H,17,20)(H,18,19).